The predicted molar refractivity (Wildman–Crippen MR) is 88.1 cm³/mol. The molecular formula is C17H26N4O2. The Bertz CT molecular complexity index is 550. The predicted octanol–water partition coefficient (Wildman–Crippen LogP) is 2.02. The SMILES string of the molecule is NC(=O)c1cnc(NC2CCC(O)CC2)nc1CC1CCCC1. The molecule has 3 rings (SSSR count). The van der Waals surface area contributed by atoms with Gasteiger partial charge in [-0.15, -0.1) is 0 Å². The minimum atomic E-state index is -0.453. The van der Waals surface area contributed by atoms with Gasteiger partial charge in [-0.25, -0.2) is 9.97 Å². The maximum Gasteiger partial charge on any atom is 0.252 e. The van der Waals surface area contributed by atoms with Crippen molar-refractivity contribution >= 4 is 11.9 Å². The third kappa shape index (κ3) is 4.19. The van der Waals surface area contributed by atoms with Gasteiger partial charge in [-0.05, 0) is 38.0 Å². The van der Waals surface area contributed by atoms with Crippen LogP contribution in [0.15, 0.2) is 6.20 Å². The summed E-state index contributed by atoms with van der Waals surface area (Å²) < 4.78 is 0. The minimum Gasteiger partial charge on any atom is -0.393 e. The summed E-state index contributed by atoms with van der Waals surface area (Å²) in [4.78, 5) is 20.5. The second kappa shape index (κ2) is 7.25. The van der Waals surface area contributed by atoms with Crippen molar-refractivity contribution in [1.29, 1.82) is 0 Å². The van der Waals surface area contributed by atoms with Gasteiger partial charge in [-0.2, -0.15) is 0 Å². The lowest BCUT2D eigenvalue weighted by Gasteiger charge is -2.26. The molecule has 1 amide bonds. The van der Waals surface area contributed by atoms with Crippen molar-refractivity contribution in [1.82, 2.24) is 9.97 Å². The first-order chi connectivity index (χ1) is 11.1. The van der Waals surface area contributed by atoms with Crippen LogP contribution in [0.4, 0.5) is 5.95 Å². The van der Waals surface area contributed by atoms with Crippen LogP contribution in [-0.4, -0.2) is 33.1 Å². The van der Waals surface area contributed by atoms with Gasteiger partial charge < -0.3 is 16.2 Å². The fourth-order valence-corrected chi connectivity index (χ4v) is 3.74. The van der Waals surface area contributed by atoms with Crippen LogP contribution in [0.3, 0.4) is 0 Å². The van der Waals surface area contributed by atoms with Crippen LogP contribution in [0.25, 0.3) is 0 Å². The van der Waals surface area contributed by atoms with E-state index >= 15 is 0 Å². The Labute approximate surface area is 136 Å². The minimum absolute atomic E-state index is 0.177. The van der Waals surface area contributed by atoms with Crippen LogP contribution in [-0.2, 0) is 6.42 Å². The van der Waals surface area contributed by atoms with E-state index in [4.69, 9.17) is 5.73 Å². The molecule has 23 heavy (non-hydrogen) atoms. The van der Waals surface area contributed by atoms with E-state index in [0.29, 0.717) is 17.4 Å². The summed E-state index contributed by atoms with van der Waals surface area (Å²) in [5, 5.41) is 12.9. The third-order valence-electron chi connectivity index (χ3n) is 5.12. The Balaban J connectivity index is 1.71. The zero-order chi connectivity index (χ0) is 16.2. The summed E-state index contributed by atoms with van der Waals surface area (Å²) in [6, 6.07) is 0.289. The standard InChI is InChI=1S/C17H26N4O2/c18-16(23)14-10-19-17(20-12-5-7-13(22)8-6-12)21-15(14)9-11-3-1-2-4-11/h10-13,22H,1-9H2,(H2,18,23)(H,19,20,21). The lowest BCUT2D eigenvalue weighted by molar-refractivity contribution is 0.0998. The average molecular weight is 318 g/mol. The second-order valence-corrected chi connectivity index (χ2v) is 6.92. The number of hydrogen-bond donors (Lipinski definition) is 3. The van der Waals surface area contributed by atoms with Crippen LogP contribution in [0.1, 0.15) is 67.4 Å². The first kappa shape index (κ1) is 16.2. The molecular weight excluding hydrogens is 292 g/mol. The van der Waals surface area contributed by atoms with Crippen molar-refractivity contribution in [2.24, 2.45) is 11.7 Å². The maximum atomic E-state index is 11.6. The Morgan fingerprint density at radius 2 is 1.91 bits per heavy atom. The zero-order valence-electron chi connectivity index (χ0n) is 13.5. The van der Waals surface area contributed by atoms with Crippen LogP contribution in [0.5, 0.6) is 0 Å². The van der Waals surface area contributed by atoms with E-state index in [1.165, 1.54) is 25.7 Å². The Kier molecular flexibility index (Phi) is 5.10. The van der Waals surface area contributed by atoms with E-state index in [1.807, 2.05) is 0 Å². The van der Waals surface area contributed by atoms with Crippen molar-refractivity contribution in [3.05, 3.63) is 17.5 Å². The number of aromatic nitrogens is 2. The van der Waals surface area contributed by atoms with Crippen molar-refractivity contribution in [2.75, 3.05) is 5.32 Å². The van der Waals surface area contributed by atoms with E-state index in [0.717, 1.165) is 37.8 Å². The van der Waals surface area contributed by atoms with Crippen molar-refractivity contribution in [3.8, 4) is 0 Å². The number of nitrogens with zero attached hydrogens (tertiary/aromatic N) is 2. The molecule has 1 aromatic heterocycles. The number of primary amides is 1. The van der Waals surface area contributed by atoms with E-state index in [1.54, 1.807) is 6.20 Å². The normalized spacial score (nSPS) is 25.4. The summed E-state index contributed by atoms with van der Waals surface area (Å²) in [6.07, 6.45) is 10.6. The largest absolute Gasteiger partial charge is 0.393 e. The molecule has 2 aliphatic rings. The number of aliphatic hydroxyl groups is 1. The summed E-state index contributed by atoms with van der Waals surface area (Å²) in [5.74, 6) is 0.718. The third-order valence-corrected chi connectivity index (χ3v) is 5.12. The van der Waals surface area contributed by atoms with Gasteiger partial charge in [-0.3, -0.25) is 4.79 Å². The number of amides is 1. The zero-order valence-corrected chi connectivity index (χ0v) is 13.5. The van der Waals surface area contributed by atoms with Crippen LogP contribution in [0.2, 0.25) is 0 Å². The van der Waals surface area contributed by atoms with Crippen LogP contribution in [0, 0.1) is 5.92 Å². The van der Waals surface area contributed by atoms with Gasteiger partial charge in [0.25, 0.3) is 5.91 Å². The molecule has 0 radical (unpaired) electrons. The summed E-state index contributed by atoms with van der Waals surface area (Å²) in [6.45, 7) is 0. The molecule has 0 unspecified atom stereocenters. The molecule has 1 aromatic rings. The fraction of sp³-hybridized carbons (Fsp3) is 0.706. The fourth-order valence-electron chi connectivity index (χ4n) is 3.74. The molecule has 0 saturated heterocycles. The number of carbonyl (C=O) groups is 1. The highest BCUT2D eigenvalue weighted by atomic mass is 16.3. The van der Waals surface area contributed by atoms with Crippen molar-refractivity contribution < 1.29 is 9.90 Å². The molecule has 0 atom stereocenters. The van der Waals surface area contributed by atoms with Gasteiger partial charge in [0.1, 0.15) is 0 Å². The number of rotatable bonds is 5. The molecule has 0 spiro atoms. The van der Waals surface area contributed by atoms with Gasteiger partial charge >= 0.3 is 0 Å². The summed E-state index contributed by atoms with van der Waals surface area (Å²) >= 11 is 0. The Morgan fingerprint density at radius 1 is 1.22 bits per heavy atom. The number of hydrogen-bond acceptors (Lipinski definition) is 5. The maximum absolute atomic E-state index is 11.6. The molecule has 0 aliphatic heterocycles. The summed E-state index contributed by atoms with van der Waals surface area (Å²) in [7, 11) is 0. The summed E-state index contributed by atoms with van der Waals surface area (Å²) in [5.41, 5.74) is 6.69. The highest BCUT2D eigenvalue weighted by molar-refractivity contribution is 5.93. The average Bonchev–Trinajstić information content (AvgIpc) is 3.02. The first-order valence-corrected chi connectivity index (χ1v) is 8.72. The van der Waals surface area contributed by atoms with Crippen molar-refractivity contribution in [3.63, 3.8) is 0 Å². The molecule has 126 valence electrons. The molecule has 1 heterocycles. The second-order valence-electron chi connectivity index (χ2n) is 6.92. The molecule has 6 heteroatoms. The number of carbonyl (C=O) groups excluding carboxylic acids is 1. The van der Waals surface area contributed by atoms with Crippen LogP contribution >= 0.6 is 0 Å². The monoisotopic (exact) mass is 318 g/mol. The van der Waals surface area contributed by atoms with E-state index < -0.39 is 5.91 Å². The molecule has 2 fully saturated rings. The lowest BCUT2D eigenvalue weighted by atomic mass is 9.93. The molecule has 4 N–H and O–H groups in total. The Morgan fingerprint density at radius 3 is 2.57 bits per heavy atom. The molecule has 2 aliphatic carbocycles. The highest BCUT2D eigenvalue weighted by Crippen LogP contribution is 2.29. The smallest absolute Gasteiger partial charge is 0.252 e. The van der Waals surface area contributed by atoms with E-state index in [2.05, 4.69) is 15.3 Å². The van der Waals surface area contributed by atoms with E-state index in [-0.39, 0.29) is 12.1 Å². The lowest BCUT2D eigenvalue weighted by Crippen LogP contribution is -2.29. The van der Waals surface area contributed by atoms with Gasteiger partial charge in [0.05, 0.1) is 17.4 Å². The van der Waals surface area contributed by atoms with Gasteiger partial charge in [0.2, 0.25) is 5.95 Å². The quantitative estimate of drug-likeness (QED) is 0.771. The molecule has 0 bridgehead atoms. The number of aliphatic hydroxyl groups excluding tert-OH is 1. The number of nitrogens with one attached hydrogen (secondary N) is 1. The topological polar surface area (TPSA) is 101 Å². The molecule has 2 saturated carbocycles. The molecule has 6 nitrogen and oxygen atoms in total. The van der Waals surface area contributed by atoms with E-state index in [9.17, 15) is 9.90 Å². The highest BCUT2D eigenvalue weighted by Gasteiger charge is 2.22. The van der Waals surface area contributed by atoms with Gasteiger partial charge in [0, 0.05) is 12.2 Å². The van der Waals surface area contributed by atoms with Gasteiger partial charge in [0.15, 0.2) is 0 Å². The first-order valence-electron chi connectivity index (χ1n) is 8.72. The van der Waals surface area contributed by atoms with Crippen molar-refractivity contribution in [2.45, 2.75) is 69.9 Å². The van der Waals surface area contributed by atoms with Crippen LogP contribution < -0.4 is 11.1 Å². The number of nitrogens with two attached hydrogens (primary N) is 1. The molecule has 0 aromatic carbocycles. The Hall–Kier alpha value is -1.69. The number of anilines is 1. The van der Waals surface area contributed by atoms with Gasteiger partial charge in [-0.1, -0.05) is 25.7 Å².